The maximum Gasteiger partial charge on any atom is 0.241 e. The lowest BCUT2D eigenvalue weighted by molar-refractivity contribution is 0.123. The maximum absolute atomic E-state index is 12.6. The van der Waals surface area contributed by atoms with Crippen molar-refractivity contribution in [2.75, 3.05) is 26.2 Å². The molecule has 9 heteroatoms. The first-order valence-corrected chi connectivity index (χ1v) is 11.3. The normalized spacial score (nSPS) is 11.8. The molecule has 2 aromatic carbocycles. The van der Waals surface area contributed by atoms with Crippen LogP contribution >= 0.6 is 23.2 Å². The van der Waals surface area contributed by atoms with E-state index < -0.39 is 10.0 Å². The average Bonchev–Trinajstić information content (AvgIpc) is 2.72. The SMILES string of the molecule is O=S(=O)(NCCNCCOCc1ccc(Cl)c(Cl)c1)c1cccc2cnccc12. The van der Waals surface area contributed by atoms with Gasteiger partial charge >= 0.3 is 0 Å². The molecule has 1 aromatic heterocycles. The van der Waals surface area contributed by atoms with E-state index in [1.165, 1.54) is 0 Å². The van der Waals surface area contributed by atoms with Crippen molar-refractivity contribution in [1.29, 1.82) is 0 Å². The van der Waals surface area contributed by atoms with Gasteiger partial charge in [0.05, 0.1) is 28.2 Å². The van der Waals surface area contributed by atoms with Gasteiger partial charge in [0, 0.05) is 42.8 Å². The molecule has 3 rings (SSSR count). The molecule has 0 radical (unpaired) electrons. The highest BCUT2D eigenvalue weighted by Gasteiger charge is 2.16. The zero-order chi connectivity index (χ0) is 20.7. The van der Waals surface area contributed by atoms with Gasteiger partial charge in [-0.2, -0.15) is 0 Å². The zero-order valence-electron chi connectivity index (χ0n) is 15.6. The molecule has 2 N–H and O–H groups in total. The molecule has 0 saturated carbocycles. The molecule has 0 amide bonds. The Morgan fingerprint density at radius 1 is 1.00 bits per heavy atom. The minimum Gasteiger partial charge on any atom is -0.375 e. The first kappa shape index (κ1) is 22.0. The molecule has 6 nitrogen and oxygen atoms in total. The van der Waals surface area contributed by atoms with Crippen molar-refractivity contribution in [3.05, 3.63) is 70.5 Å². The molecule has 0 aliphatic rings. The molecule has 0 unspecified atom stereocenters. The lowest BCUT2D eigenvalue weighted by Gasteiger charge is -2.10. The van der Waals surface area contributed by atoms with Crippen LogP contribution < -0.4 is 10.0 Å². The molecule has 154 valence electrons. The highest BCUT2D eigenvalue weighted by Crippen LogP contribution is 2.23. The quantitative estimate of drug-likeness (QED) is 0.458. The van der Waals surface area contributed by atoms with Crippen molar-refractivity contribution in [2.24, 2.45) is 0 Å². The predicted molar refractivity (Wildman–Crippen MR) is 116 cm³/mol. The van der Waals surface area contributed by atoms with E-state index in [0.29, 0.717) is 41.7 Å². The summed E-state index contributed by atoms with van der Waals surface area (Å²) >= 11 is 11.8. The van der Waals surface area contributed by atoms with E-state index in [0.717, 1.165) is 10.9 Å². The van der Waals surface area contributed by atoms with Crippen LogP contribution in [0.4, 0.5) is 0 Å². The van der Waals surface area contributed by atoms with Crippen LogP contribution in [0.1, 0.15) is 5.56 Å². The fourth-order valence-corrected chi connectivity index (χ4v) is 4.35. The van der Waals surface area contributed by atoms with Crippen LogP contribution in [0.3, 0.4) is 0 Å². The largest absolute Gasteiger partial charge is 0.375 e. The first-order valence-electron chi connectivity index (χ1n) is 9.02. The number of sulfonamides is 1. The molecule has 0 fully saturated rings. The number of pyridine rings is 1. The van der Waals surface area contributed by atoms with Crippen LogP contribution in [0.5, 0.6) is 0 Å². The molecule has 0 aliphatic carbocycles. The van der Waals surface area contributed by atoms with E-state index in [4.69, 9.17) is 27.9 Å². The van der Waals surface area contributed by atoms with Gasteiger partial charge in [-0.3, -0.25) is 4.98 Å². The van der Waals surface area contributed by atoms with Crippen LogP contribution in [-0.2, 0) is 21.4 Å². The third-order valence-electron chi connectivity index (χ3n) is 4.20. The zero-order valence-corrected chi connectivity index (χ0v) is 17.9. The summed E-state index contributed by atoms with van der Waals surface area (Å²) < 4.78 is 33.4. The van der Waals surface area contributed by atoms with Crippen LogP contribution in [0.2, 0.25) is 10.0 Å². The van der Waals surface area contributed by atoms with Crippen molar-refractivity contribution in [2.45, 2.75) is 11.5 Å². The maximum atomic E-state index is 12.6. The van der Waals surface area contributed by atoms with Crippen molar-refractivity contribution in [1.82, 2.24) is 15.0 Å². The average molecular weight is 454 g/mol. The number of halogens is 2. The van der Waals surface area contributed by atoms with E-state index in [9.17, 15) is 8.42 Å². The first-order chi connectivity index (χ1) is 14.0. The van der Waals surface area contributed by atoms with Gasteiger partial charge in [0.2, 0.25) is 10.0 Å². The number of hydrogen-bond donors (Lipinski definition) is 2. The minimum absolute atomic E-state index is 0.252. The minimum atomic E-state index is -3.60. The fourth-order valence-electron chi connectivity index (χ4n) is 2.77. The van der Waals surface area contributed by atoms with E-state index in [1.807, 2.05) is 12.1 Å². The number of rotatable bonds is 10. The third-order valence-corrected chi connectivity index (χ3v) is 6.46. The summed E-state index contributed by atoms with van der Waals surface area (Å²) in [6.07, 6.45) is 3.23. The lowest BCUT2D eigenvalue weighted by Crippen LogP contribution is -2.33. The number of hydrogen-bond acceptors (Lipinski definition) is 5. The Kier molecular flexibility index (Phi) is 7.83. The number of benzene rings is 2. The van der Waals surface area contributed by atoms with Gasteiger partial charge in [-0.1, -0.05) is 41.4 Å². The Balaban J connectivity index is 1.38. The molecule has 0 atom stereocenters. The lowest BCUT2D eigenvalue weighted by atomic mass is 10.2. The fraction of sp³-hybridized carbons (Fsp3) is 0.250. The summed E-state index contributed by atoms with van der Waals surface area (Å²) in [5.74, 6) is 0. The summed E-state index contributed by atoms with van der Waals surface area (Å²) in [5.41, 5.74) is 0.942. The second-order valence-corrected chi connectivity index (χ2v) is 8.85. The molecule has 1 heterocycles. The van der Waals surface area contributed by atoms with Gasteiger partial charge in [-0.05, 0) is 29.8 Å². The molecule has 0 bridgehead atoms. The Labute approximate surface area is 180 Å². The second-order valence-electron chi connectivity index (χ2n) is 6.30. The highest BCUT2D eigenvalue weighted by atomic mass is 35.5. The number of nitrogens with zero attached hydrogens (tertiary/aromatic N) is 1. The van der Waals surface area contributed by atoms with Gasteiger partial charge in [-0.25, -0.2) is 13.1 Å². The summed E-state index contributed by atoms with van der Waals surface area (Å²) in [7, 11) is -3.60. The van der Waals surface area contributed by atoms with Crippen molar-refractivity contribution < 1.29 is 13.2 Å². The molecule has 0 saturated heterocycles. The molecule has 3 aromatic rings. The van der Waals surface area contributed by atoms with Gasteiger partial charge in [-0.15, -0.1) is 0 Å². The van der Waals surface area contributed by atoms with Crippen LogP contribution in [0.15, 0.2) is 59.8 Å². The second kappa shape index (κ2) is 10.3. The summed E-state index contributed by atoms with van der Waals surface area (Å²) in [6, 6.07) is 12.2. The van der Waals surface area contributed by atoms with Crippen molar-refractivity contribution in [3.63, 3.8) is 0 Å². The molecule has 0 spiro atoms. The Morgan fingerprint density at radius 2 is 1.86 bits per heavy atom. The standard InChI is InChI=1S/C20H21Cl2N3O3S/c21-18-5-4-15(12-19(18)22)14-28-11-10-23-8-9-25-29(26,27)20-3-1-2-16-13-24-7-6-17(16)20/h1-7,12-13,23,25H,8-11,14H2. The monoisotopic (exact) mass is 453 g/mol. The third kappa shape index (κ3) is 6.12. The van der Waals surface area contributed by atoms with Crippen molar-refractivity contribution >= 4 is 44.0 Å². The number of fused-ring (bicyclic) bond motifs is 1. The van der Waals surface area contributed by atoms with E-state index in [2.05, 4.69) is 15.0 Å². The van der Waals surface area contributed by atoms with E-state index in [1.54, 1.807) is 42.7 Å². The summed E-state index contributed by atoms with van der Waals surface area (Å²) in [6.45, 7) is 2.28. The summed E-state index contributed by atoms with van der Waals surface area (Å²) in [4.78, 5) is 4.28. The summed E-state index contributed by atoms with van der Waals surface area (Å²) in [5, 5.41) is 5.59. The number of aromatic nitrogens is 1. The molecule has 29 heavy (non-hydrogen) atoms. The van der Waals surface area contributed by atoms with Gasteiger partial charge in [0.15, 0.2) is 0 Å². The van der Waals surface area contributed by atoms with Crippen LogP contribution in [-0.4, -0.2) is 39.6 Å². The smallest absolute Gasteiger partial charge is 0.241 e. The van der Waals surface area contributed by atoms with Gasteiger partial charge < -0.3 is 10.1 Å². The van der Waals surface area contributed by atoms with Crippen molar-refractivity contribution in [3.8, 4) is 0 Å². The van der Waals surface area contributed by atoms with Gasteiger partial charge in [0.1, 0.15) is 0 Å². The molecule has 0 aliphatic heterocycles. The van der Waals surface area contributed by atoms with E-state index >= 15 is 0 Å². The Morgan fingerprint density at radius 3 is 2.69 bits per heavy atom. The highest BCUT2D eigenvalue weighted by molar-refractivity contribution is 7.89. The molecular formula is C20H21Cl2N3O3S. The van der Waals surface area contributed by atoms with Crippen LogP contribution in [0, 0.1) is 0 Å². The predicted octanol–water partition coefficient (Wildman–Crippen LogP) is 3.63. The van der Waals surface area contributed by atoms with Gasteiger partial charge in [0.25, 0.3) is 0 Å². The number of ether oxygens (including phenoxy) is 1. The Bertz CT molecular complexity index is 1070. The molecular weight excluding hydrogens is 433 g/mol. The van der Waals surface area contributed by atoms with Crippen LogP contribution in [0.25, 0.3) is 10.8 Å². The number of nitrogens with one attached hydrogen (secondary N) is 2. The van der Waals surface area contributed by atoms with E-state index in [-0.39, 0.29) is 11.4 Å². The topological polar surface area (TPSA) is 80.3 Å². The Hall–Kier alpha value is -1.74.